The largest absolute Gasteiger partial charge is 0.494 e. The van der Waals surface area contributed by atoms with Crippen LogP contribution in [0.1, 0.15) is 64.5 Å². The summed E-state index contributed by atoms with van der Waals surface area (Å²) in [4.78, 5) is 13.6. The second-order valence-corrected chi connectivity index (χ2v) is 10.9. The number of alkyl halides is 4. The molecule has 2 aromatic rings. The molecule has 0 aromatic heterocycles. The first-order valence-electron chi connectivity index (χ1n) is 12.6. The van der Waals surface area contributed by atoms with E-state index in [0.29, 0.717) is 18.8 Å². The van der Waals surface area contributed by atoms with Crippen LogP contribution < -0.4 is 4.74 Å². The summed E-state index contributed by atoms with van der Waals surface area (Å²) >= 11 is 0. The number of halogens is 4. The van der Waals surface area contributed by atoms with Crippen molar-refractivity contribution in [3.8, 4) is 5.75 Å². The van der Waals surface area contributed by atoms with Crippen molar-refractivity contribution in [1.82, 2.24) is 0 Å². The monoisotopic (exact) mass is 506 g/mol. The number of hydrogen-bond acceptors (Lipinski definition) is 3. The van der Waals surface area contributed by atoms with Crippen LogP contribution in [0.3, 0.4) is 0 Å². The molecule has 0 aliphatic heterocycles. The van der Waals surface area contributed by atoms with Gasteiger partial charge in [-0.05, 0) is 54.4 Å². The Morgan fingerprint density at radius 1 is 1.00 bits per heavy atom. The molecule has 7 heteroatoms. The summed E-state index contributed by atoms with van der Waals surface area (Å²) in [7, 11) is 0. The smallest absolute Gasteiger partial charge is 0.330 e. The summed E-state index contributed by atoms with van der Waals surface area (Å²) in [6.07, 6.45) is 0.181. The number of esters is 1. The Morgan fingerprint density at radius 2 is 1.64 bits per heavy atom. The predicted molar refractivity (Wildman–Crippen MR) is 130 cm³/mol. The number of benzene rings is 2. The Morgan fingerprint density at radius 3 is 2.19 bits per heavy atom. The van der Waals surface area contributed by atoms with Gasteiger partial charge in [-0.2, -0.15) is 17.6 Å². The maximum atomic E-state index is 15.2. The highest BCUT2D eigenvalue weighted by Gasteiger charge is 2.84. The predicted octanol–water partition coefficient (Wildman–Crippen LogP) is 7.32. The summed E-state index contributed by atoms with van der Waals surface area (Å²) in [5.74, 6) is -9.68. The maximum absolute atomic E-state index is 15.2. The quantitative estimate of drug-likeness (QED) is 0.292. The van der Waals surface area contributed by atoms with Gasteiger partial charge in [-0.3, -0.25) is 4.79 Å². The van der Waals surface area contributed by atoms with Gasteiger partial charge < -0.3 is 9.47 Å². The summed E-state index contributed by atoms with van der Waals surface area (Å²) < 4.78 is 70.0. The van der Waals surface area contributed by atoms with Crippen LogP contribution in [0, 0.1) is 11.8 Å². The molecule has 0 N–H and O–H groups in total. The van der Waals surface area contributed by atoms with Gasteiger partial charge in [0.2, 0.25) is 0 Å². The van der Waals surface area contributed by atoms with Crippen LogP contribution in [-0.4, -0.2) is 30.5 Å². The zero-order chi connectivity index (χ0) is 26.4. The molecule has 2 aliphatic carbocycles. The third kappa shape index (κ3) is 4.18. The van der Waals surface area contributed by atoms with E-state index in [0.717, 1.165) is 18.4 Å². The van der Waals surface area contributed by atoms with Crippen LogP contribution in [0.5, 0.6) is 5.75 Å². The van der Waals surface area contributed by atoms with E-state index >= 15 is 8.78 Å². The minimum atomic E-state index is -4.57. The van der Waals surface area contributed by atoms with Gasteiger partial charge >= 0.3 is 17.8 Å². The van der Waals surface area contributed by atoms with Crippen LogP contribution >= 0.6 is 0 Å². The van der Waals surface area contributed by atoms with Gasteiger partial charge in [-0.25, -0.2) is 0 Å². The molecule has 0 radical (unpaired) electrons. The highest BCUT2D eigenvalue weighted by molar-refractivity contribution is 5.87. The van der Waals surface area contributed by atoms with Crippen LogP contribution in [0.4, 0.5) is 17.6 Å². The van der Waals surface area contributed by atoms with Crippen molar-refractivity contribution in [3.05, 3.63) is 65.7 Å². The number of carbonyl (C=O) groups excluding carboxylic acids is 1. The fourth-order valence-electron chi connectivity index (χ4n) is 5.97. The molecule has 196 valence electrons. The Hall–Kier alpha value is -2.57. The number of carbonyl (C=O) groups is 1. The first-order valence-corrected chi connectivity index (χ1v) is 12.6. The number of hydrogen-bond donors (Lipinski definition) is 0. The molecule has 0 spiro atoms. The molecular formula is C29H34F4O3. The molecule has 4 rings (SSSR count). The van der Waals surface area contributed by atoms with Gasteiger partial charge in [0.15, 0.2) is 5.41 Å². The fraction of sp³-hybridized carbons (Fsp3) is 0.552. The molecule has 2 aromatic carbocycles. The normalized spacial score (nSPS) is 29.2. The van der Waals surface area contributed by atoms with Gasteiger partial charge in [-0.15, -0.1) is 0 Å². The Kier molecular flexibility index (Phi) is 6.91. The van der Waals surface area contributed by atoms with Gasteiger partial charge in [0.05, 0.1) is 6.61 Å². The molecule has 0 saturated heterocycles. The SMILES string of the molecule is CCOc1ccc([C@]2(C(=O)O[C@@H]3C[C@H](C)CC[C@H]3C(C)(C)c3ccccc3)CC(F)(F)C2(F)F)cc1. The molecule has 3 nitrogen and oxygen atoms in total. The highest BCUT2D eigenvalue weighted by Crippen LogP contribution is 2.65. The molecule has 0 unspecified atom stereocenters. The van der Waals surface area contributed by atoms with Crippen LogP contribution in [-0.2, 0) is 20.4 Å². The lowest BCUT2D eigenvalue weighted by Gasteiger charge is -2.53. The lowest BCUT2D eigenvalue weighted by molar-refractivity contribution is -0.325. The first-order chi connectivity index (χ1) is 16.9. The molecule has 2 fully saturated rings. The minimum Gasteiger partial charge on any atom is -0.494 e. The third-order valence-corrected chi connectivity index (χ3v) is 8.25. The average Bonchev–Trinajstić information content (AvgIpc) is 2.83. The van der Waals surface area contributed by atoms with E-state index in [1.165, 1.54) is 24.3 Å². The van der Waals surface area contributed by atoms with Crippen molar-refractivity contribution in [3.63, 3.8) is 0 Å². The topological polar surface area (TPSA) is 35.5 Å². The van der Waals surface area contributed by atoms with Crippen molar-refractivity contribution in [2.24, 2.45) is 11.8 Å². The average molecular weight is 507 g/mol. The molecule has 36 heavy (non-hydrogen) atoms. The molecular weight excluding hydrogens is 472 g/mol. The zero-order valence-corrected chi connectivity index (χ0v) is 21.2. The van der Waals surface area contributed by atoms with Gasteiger partial charge in [0, 0.05) is 12.3 Å². The van der Waals surface area contributed by atoms with Gasteiger partial charge in [0.1, 0.15) is 11.9 Å². The van der Waals surface area contributed by atoms with E-state index in [1.807, 2.05) is 37.3 Å². The standard InChI is InChI=1S/C29H34F4O3/c1-5-35-22-14-12-21(13-15-22)27(18-28(30,31)29(27,32)33)25(34)36-24-17-19(2)11-16-23(24)26(3,4)20-9-7-6-8-10-20/h6-10,12-15,19,23-24H,5,11,16-18H2,1-4H3/t19-,23-,24-,27+/m1/s1. The second-order valence-electron chi connectivity index (χ2n) is 10.9. The van der Waals surface area contributed by atoms with Crippen LogP contribution in [0.15, 0.2) is 54.6 Å². The van der Waals surface area contributed by atoms with Crippen molar-refractivity contribution < 1.29 is 31.8 Å². The minimum absolute atomic E-state index is 0.147. The number of rotatable bonds is 7. The molecule has 4 atom stereocenters. The Bertz CT molecular complexity index is 1070. The third-order valence-electron chi connectivity index (χ3n) is 8.25. The molecule has 2 aliphatic rings. The van der Waals surface area contributed by atoms with E-state index in [-0.39, 0.29) is 17.4 Å². The van der Waals surface area contributed by atoms with Crippen molar-refractivity contribution in [2.75, 3.05) is 6.61 Å². The number of ether oxygens (including phenoxy) is 2. The zero-order valence-electron chi connectivity index (χ0n) is 21.2. The fourth-order valence-corrected chi connectivity index (χ4v) is 5.97. The van der Waals surface area contributed by atoms with E-state index in [4.69, 9.17) is 9.47 Å². The van der Waals surface area contributed by atoms with E-state index in [9.17, 15) is 13.6 Å². The van der Waals surface area contributed by atoms with E-state index < -0.39 is 41.2 Å². The molecule has 0 bridgehead atoms. The van der Waals surface area contributed by atoms with E-state index in [2.05, 4.69) is 13.8 Å². The summed E-state index contributed by atoms with van der Waals surface area (Å²) in [5, 5.41) is 0. The Balaban J connectivity index is 1.68. The maximum Gasteiger partial charge on any atom is 0.330 e. The first kappa shape index (κ1) is 26.5. The van der Waals surface area contributed by atoms with Crippen molar-refractivity contribution in [2.45, 2.75) is 82.2 Å². The Labute approximate surface area is 210 Å². The summed E-state index contributed by atoms with van der Waals surface area (Å²) in [6, 6.07) is 15.2. The van der Waals surface area contributed by atoms with Crippen molar-refractivity contribution in [1.29, 1.82) is 0 Å². The second kappa shape index (κ2) is 9.38. The highest BCUT2D eigenvalue weighted by atomic mass is 19.3. The molecule has 0 heterocycles. The van der Waals surface area contributed by atoms with Crippen molar-refractivity contribution >= 4 is 5.97 Å². The summed E-state index contributed by atoms with van der Waals surface area (Å²) in [5.41, 5.74) is -2.30. The van der Waals surface area contributed by atoms with Crippen LogP contribution in [0.25, 0.3) is 0 Å². The van der Waals surface area contributed by atoms with Gasteiger partial charge in [-0.1, -0.05) is 69.7 Å². The summed E-state index contributed by atoms with van der Waals surface area (Å²) in [6.45, 7) is 8.27. The van der Waals surface area contributed by atoms with Crippen LogP contribution in [0.2, 0.25) is 0 Å². The lowest BCUT2D eigenvalue weighted by atomic mass is 9.58. The molecule has 0 amide bonds. The van der Waals surface area contributed by atoms with Gasteiger partial charge in [0.25, 0.3) is 0 Å². The lowest BCUT2D eigenvalue weighted by Crippen LogP contribution is -2.73. The molecule has 2 saturated carbocycles. The van der Waals surface area contributed by atoms with E-state index in [1.54, 1.807) is 6.92 Å².